The summed E-state index contributed by atoms with van der Waals surface area (Å²) < 4.78 is 5.11. The number of anilines is 1. The van der Waals surface area contributed by atoms with Crippen molar-refractivity contribution in [2.24, 2.45) is 5.10 Å². The Kier molecular flexibility index (Phi) is 6.32. The number of rotatable bonds is 5. The van der Waals surface area contributed by atoms with Gasteiger partial charge in [-0.05, 0) is 54.5 Å². The predicted octanol–water partition coefficient (Wildman–Crippen LogP) is 4.07. The van der Waals surface area contributed by atoms with Gasteiger partial charge < -0.3 is 10.1 Å². The molecule has 0 unspecified atom stereocenters. The molecule has 0 amide bonds. The fourth-order valence-corrected chi connectivity index (χ4v) is 2.05. The first-order chi connectivity index (χ1) is 11.2. The Morgan fingerprint density at radius 2 is 1.78 bits per heavy atom. The van der Waals surface area contributed by atoms with Gasteiger partial charge in [0.05, 0.1) is 13.3 Å². The van der Waals surface area contributed by atoms with Crippen LogP contribution in [0.25, 0.3) is 6.08 Å². The summed E-state index contributed by atoms with van der Waals surface area (Å²) in [4.78, 5) is 0. The predicted molar refractivity (Wildman–Crippen MR) is 101 cm³/mol. The van der Waals surface area contributed by atoms with Gasteiger partial charge in [-0.1, -0.05) is 36.4 Å². The Hall–Kier alpha value is -2.66. The topological polar surface area (TPSA) is 45.6 Å². The number of hydrazone groups is 1. The molecule has 0 fully saturated rings. The largest absolute Gasteiger partial charge is 0.497 e. The van der Waals surface area contributed by atoms with Gasteiger partial charge in [0.15, 0.2) is 5.11 Å². The second-order valence-corrected chi connectivity index (χ2v) is 5.26. The van der Waals surface area contributed by atoms with Crippen molar-refractivity contribution in [2.45, 2.75) is 6.92 Å². The van der Waals surface area contributed by atoms with Gasteiger partial charge in [0.1, 0.15) is 5.75 Å². The third-order valence-electron chi connectivity index (χ3n) is 2.98. The summed E-state index contributed by atoms with van der Waals surface area (Å²) in [6.07, 6.45) is 3.78. The summed E-state index contributed by atoms with van der Waals surface area (Å²) >= 11 is 5.19. The molecule has 23 heavy (non-hydrogen) atoms. The highest BCUT2D eigenvalue weighted by atomic mass is 32.1. The molecule has 5 heteroatoms. The van der Waals surface area contributed by atoms with Gasteiger partial charge in [-0.3, -0.25) is 5.43 Å². The molecule has 4 nitrogen and oxygen atoms in total. The molecule has 0 saturated carbocycles. The number of benzene rings is 2. The lowest BCUT2D eigenvalue weighted by molar-refractivity contribution is 0.415. The minimum Gasteiger partial charge on any atom is -0.497 e. The molecule has 2 aromatic rings. The van der Waals surface area contributed by atoms with Crippen molar-refractivity contribution in [3.8, 4) is 5.75 Å². The first-order valence-corrected chi connectivity index (χ1v) is 7.55. The minimum absolute atomic E-state index is 0.430. The van der Waals surface area contributed by atoms with Gasteiger partial charge in [-0.15, -0.1) is 0 Å². The van der Waals surface area contributed by atoms with Crippen molar-refractivity contribution < 1.29 is 4.74 Å². The smallest absolute Gasteiger partial charge is 0.191 e. The zero-order valence-corrected chi connectivity index (χ0v) is 13.9. The number of ether oxygens (including phenoxy) is 1. The van der Waals surface area contributed by atoms with Crippen molar-refractivity contribution in [3.63, 3.8) is 0 Å². The molecule has 2 aromatic carbocycles. The van der Waals surface area contributed by atoms with E-state index in [0.29, 0.717) is 5.11 Å². The number of nitrogens with one attached hydrogen (secondary N) is 2. The molecule has 0 aromatic heterocycles. The maximum atomic E-state index is 5.19. The van der Waals surface area contributed by atoms with Crippen LogP contribution < -0.4 is 15.5 Å². The number of methoxy groups -OCH3 is 1. The molecule has 0 aliphatic heterocycles. The third-order valence-corrected chi connectivity index (χ3v) is 3.17. The average Bonchev–Trinajstić information content (AvgIpc) is 2.56. The van der Waals surface area contributed by atoms with E-state index < -0.39 is 0 Å². The number of allylic oxidation sites excluding steroid dienone is 1. The Morgan fingerprint density at radius 3 is 2.43 bits per heavy atom. The maximum Gasteiger partial charge on any atom is 0.191 e. The lowest BCUT2D eigenvalue weighted by atomic mass is 10.1. The van der Waals surface area contributed by atoms with Crippen molar-refractivity contribution in [3.05, 3.63) is 65.7 Å². The van der Waals surface area contributed by atoms with E-state index in [9.17, 15) is 0 Å². The molecule has 2 rings (SSSR count). The third kappa shape index (κ3) is 5.92. The zero-order chi connectivity index (χ0) is 16.5. The number of nitrogens with zero attached hydrogens (tertiary/aromatic N) is 1. The van der Waals surface area contributed by atoms with Crippen molar-refractivity contribution >= 4 is 35.3 Å². The summed E-state index contributed by atoms with van der Waals surface area (Å²) in [5.41, 5.74) is 5.82. The van der Waals surface area contributed by atoms with E-state index in [-0.39, 0.29) is 0 Å². The lowest BCUT2D eigenvalue weighted by Crippen LogP contribution is -2.23. The van der Waals surface area contributed by atoms with E-state index >= 15 is 0 Å². The molecule has 0 heterocycles. The van der Waals surface area contributed by atoms with Crippen molar-refractivity contribution in [1.29, 1.82) is 0 Å². The summed E-state index contributed by atoms with van der Waals surface area (Å²) in [6.45, 7) is 1.98. The van der Waals surface area contributed by atoms with Crippen LogP contribution in [0.1, 0.15) is 12.5 Å². The van der Waals surface area contributed by atoms with E-state index in [1.54, 1.807) is 13.3 Å². The number of thiocarbonyl (C=S) groups is 1. The van der Waals surface area contributed by atoms with Crippen LogP contribution in [0.15, 0.2) is 65.3 Å². The molecule has 118 valence electrons. The highest BCUT2D eigenvalue weighted by Crippen LogP contribution is 2.14. The van der Waals surface area contributed by atoms with E-state index in [4.69, 9.17) is 17.0 Å². The summed E-state index contributed by atoms with van der Waals surface area (Å²) in [5.74, 6) is 0.800. The summed E-state index contributed by atoms with van der Waals surface area (Å²) in [5, 5.41) is 7.60. The Bertz CT molecular complexity index is 694. The molecule has 2 N–H and O–H groups in total. The van der Waals surface area contributed by atoms with Gasteiger partial charge in [0.25, 0.3) is 0 Å². The van der Waals surface area contributed by atoms with Crippen LogP contribution in [-0.4, -0.2) is 18.4 Å². The fourth-order valence-electron chi connectivity index (χ4n) is 1.88. The first kappa shape index (κ1) is 16.7. The van der Waals surface area contributed by atoms with Gasteiger partial charge in [0, 0.05) is 5.69 Å². The second-order valence-electron chi connectivity index (χ2n) is 4.85. The fraction of sp³-hybridized carbons (Fsp3) is 0.111. The molecule has 0 spiro atoms. The molecule has 0 saturated heterocycles. The van der Waals surface area contributed by atoms with E-state index in [1.165, 1.54) is 0 Å². The zero-order valence-electron chi connectivity index (χ0n) is 13.1. The standard InChI is InChI=1S/C18H19N3OS/c1-14(12-15-6-4-3-5-7-15)13-19-21-18(23)20-16-8-10-17(22-2)11-9-16/h3-13H,1-2H3,(H2,20,21,23)/b14-12-,19-13+. The normalized spacial score (nSPS) is 11.3. The van der Waals surface area contributed by atoms with Crippen molar-refractivity contribution in [1.82, 2.24) is 5.43 Å². The van der Waals surface area contributed by atoms with Gasteiger partial charge in [-0.2, -0.15) is 5.10 Å². The summed E-state index contributed by atoms with van der Waals surface area (Å²) in [7, 11) is 1.63. The Balaban J connectivity index is 1.84. The molecule has 0 aliphatic rings. The van der Waals surface area contributed by atoms with Crippen LogP contribution in [-0.2, 0) is 0 Å². The van der Waals surface area contributed by atoms with Crippen LogP contribution >= 0.6 is 12.2 Å². The molecular weight excluding hydrogens is 306 g/mol. The van der Waals surface area contributed by atoms with E-state index in [0.717, 1.165) is 22.6 Å². The lowest BCUT2D eigenvalue weighted by Gasteiger charge is -2.07. The van der Waals surface area contributed by atoms with Crippen LogP contribution in [0.5, 0.6) is 5.75 Å². The van der Waals surface area contributed by atoms with Crippen molar-refractivity contribution in [2.75, 3.05) is 12.4 Å². The van der Waals surface area contributed by atoms with Gasteiger partial charge in [-0.25, -0.2) is 0 Å². The minimum atomic E-state index is 0.430. The average molecular weight is 325 g/mol. The van der Waals surface area contributed by atoms with E-state index in [1.807, 2.05) is 67.6 Å². The summed E-state index contributed by atoms with van der Waals surface area (Å²) in [6, 6.07) is 17.6. The van der Waals surface area contributed by atoms with Gasteiger partial charge in [0.2, 0.25) is 0 Å². The Morgan fingerprint density at radius 1 is 1.09 bits per heavy atom. The molecule has 0 aliphatic carbocycles. The molecule has 0 atom stereocenters. The highest BCUT2D eigenvalue weighted by molar-refractivity contribution is 7.80. The maximum absolute atomic E-state index is 5.19. The van der Waals surface area contributed by atoms with Gasteiger partial charge >= 0.3 is 0 Å². The first-order valence-electron chi connectivity index (χ1n) is 7.15. The molecule has 0 bridgehead atoms. The van der Waals surface area contributed by atoms with Crippen LogP contribution in [0.3, 0.4) is 0 Å². The quantitative estimate of drug-likeness (QED) is 0.494. The monoisotopic (exact) mass is 325 g/mol. The second kappa shape index (κ2) is 8.70. The van der Waals surface area contributed by atoms with E-state index in [2.05, 4.69) is 15.8 Å². The molecular formula is C18H19N3OS. The van der Waals surface area contributed by atoms with Crippen LogP contribution in [0.4, 0.5) is 5.69 Å². The SMILES string of the molecule is COc1ccc(NC(=S)N/N=C/C(C)=C\c2ccccc2)cc1. The number of hydrogen-bond acceptors (Lipinski definition) is 3. The van der Waals surface area contributed by atoms with Crippen LogP contribution in [0.2, 0.25) is 0 Å². The Labute approximate surface area is 141 Å². The molecule has 0 radical (unpaired) electrons. The highest BCUT2D eigenvalue weighted by Gasteiger charge is 1.96. The van der Waals surface area contributed by atoms with Crippen LogP contribution in [0, 0.1) is 0 Å². The number of hydrogen-bond donors (Lipinski definition) is 2.